The quantitative estimate of drug-likeness (QED) is 0.329. The number of thioether (sulfide) groups is 1. The van der Waals surface area contributed by atoms with E-state index in [1.165, 1.54) is 11.8 Å². The molecule has 1 heterocycles. The van der Waals surface area contributed by atoms with Gasteiger partial charge in [-0.15, -0.1) is 0 Å². The van der Waals surface area contributed by atoms with Gasteiger partial charge in [0, 0.05) is 0 Å². The molecule has 0 saturated carbocycles. The Bertz CT molecular complexity index is 1270. The van der Waals surface area contributed by atoms with Crippen molar-refractivity contribution >= 4 is 28.6 Å². The molecule has 0 radical (unpaired) electrons. The Hall–Kier alpha value is -3.38. The number of para-hydroxylation sites is 1. The number of amides is 1. The highest BCUT2D eigenvalue weighted by Gasteiger charge is 2.21. The number of nitrogens with one attached hydrogen (secondary N) is 1. The van der Waals surface area contributed by atoms with E-state index in [0.29, 0.717) is 22.6 Å². The molecule has 5 nitrogen and oxygen atoms in total. The molecule has 1 N–H and O–H groups in total. The van der Waals surface area contributed by atoms with Gasteiger partial charge in [-0.05, 0) is 37.1 Å². The molecule has 0 saturated heterocycles. The summed E-state index contributed by atoms with van der Waals surface area (Å²) < 4.78 is 1.66. The Kier molecular flexibility index (Phi) is 6.71. The first-order chi connectivity index (χ1) is 15.5. The second kappa shape index (κ2) is 9.83. The SMILES string of the molecule is CC(Sc1nc2ccccc2c(=O)n1Cc1ccccc1)C(=O)NC(C)c1ccccc1. The van der Waals surface area contributed by atoms with E-state index >= 15 is 0 Å². The fourth-order valence-corrected chi connectivity index (χ4v) is 4.43. The van der Waals surface area contributed by atoms with Crippen LogP contribution in [0, 0.1) is 0 Å². The zero-order valence-corrected chi connectivity index (χ0v) is 18.9. The molecule has 1 amide bonds. The van der Waals surface area contributed by atoms with Gasteiger partial charge in [0.15, 0.2) is 5.16 Å². The Morgan fingerprint density at radius 1 is 0.938 bits per heavy atom. The van der Waals surface area contributed by atoms with E-state index in [1.54, 1.807) is 10.6 Å². The monoisotopic (exact) mass is 443 g/mol. The minimum atomic E-state index is -0.420. The first kappa shape index (κ1) is 21.8. The fourth-order valence-electron chi connectivity index (χ4n) is 3.51. The number of nitrogens with zero attached hydrogens (tertiary/aromatic N) is 2. The Labute approximate surface area is 191 Å². The average Bonchev–Trinajstić information content (AvgIpc) is 2.82. The Balaban J connectivity index is 1.61. The van der Waals surface area contributed by atoms with Crippen molar-refractivity contribution in [2.45, 2.75) is 36.8 Å². The van der Waals surface area contributed by atoms with Crippen molar-refractivity contribution in [3.8, 4) is 0 Å². The van der Waals surface area contributed by atoms with Crippen LogP contribution in [0.2, 0.25) is 0 Å². The van der Waals surface area contributed by atoms with Crippen LogP contribution in [0.15, 0.2) is 94.9 Å². The van der Waals surface area contributed by atoms with Crippen molar-refractivity contribution in [1.82, 2.24) is 14.9 Å². The van der Waals surface area contributed by atoms with Gasteiger partial charge in [0.2, 0.25) is 5.91 Å². The predicted molar refractivity (Wildman–Crippen MR) is 130 cm³/mol. The summed E-state index contributed by atoms with van der Waals surface area (Å²) in [6.07, 6.45) is 0. The van der Waals surface area contributed by atoms with Crippen LogP contribution in [-0.4, -0.2) is 20.7 Å². The summed E-state index contributed by atoms with van der Waals surface area (Å²) in [5, 5.41) is 3.75. The van der Waals surface area contributed by atoms with Gasteiger partial charge in [0.05, 0.1) is 28.7 Å². The van der Waals surface area contributed by atoms with Gasteiger partial charge in [-0.2, -0.15) is 0 Å². The molecule has 1 aromatic heterocycles. The third kappa shape index (κ3) is 4.92. The molecule has 0 fully saturated rings. The molecule has 6 heteroatoms. The van der Waals surface area contributed by atoms with Gasteiger partial charge < -0.3 is 5.32 Å². The topological polar surface area (TPSA) is 64.0 Å². The molecule has 0 aliphatic heterocycles. The first-order valence-electron chi connectivity index (χ1n) is 10.6. The second-order valence-corrected chi connectivity index (χ2v) is 9.00. The highest BCUT2D eigenvalue weighted by molar-refractivity contribution is 8.00. The number of carbonyl (C=O) groups is 1. The number of fused-ring (bicyclic) bond motifs is 1. The van der Waals surface area contributed by atoms with Crippen molar-refractivity contribution in [3.63, 3.8) is 0 Å². The average molecular weight is 444 g/mol. The van der Waals surface area contributed by atoms with Crippen LogP contribution in [-0.2, 0) is 11.3 Å². The van der Waals surface area contributed by atoms with Crippen molar-refractivity contribution in [2.75, 3.05) is 0 Å². The summed E-state index contributed by atoms with van der Waals surface area (Å²) in [5.41, 5.74) is 2.58. The van der Waals surface area contributed by atoms with Gasteiger partial charge in [-0.25, -0.2) is 4.98 Å². The molecule has 2 unspecified atom stereocenters. The molecule has 162 valence electrons. The number of hydrogen-bond acceptors (Lipinski definition) is 4. The zero-order valence-electron chi connectivity index (χ0n) is 18.1. The molecular formula is C26H25N3O2S. The minimum absolute atomic E-state index is 0.0972. The summed E-state index contributed by atoms with van der Waals surface area (Å²) in [5.74, 6) is -0.0972. The van der Waals surface area contributed by atoms with E-state index in [0.717, 1.165) is 11.1 Å². The third-order valence-electron chi connectivity index (χ3n) is 5.32. The maximum Gasteiger partial charge on any atom is 0.262 e. The van der Waals surface area contributed by atoms with E-state index in [1.807, 2.05) is 92.7 Å². The molecular weight excluding hydrogens is 418 g/mol. The van der Waals surface area contributed by atoms with E-state index in [2.05, 4.69) is 5.32 Å². The van der Waals surface area contributed by atoms with Crippen LogP contribution in [0.4, 0.5) is 0 Å². The van der Waals surface area contributed by atoms with Gasteiger partial charge in [-0.3, -0.25) is 14.2 Å². The van der Waals surface area contributed by atoms with Crippen molar-refractivity contribution in [1.29, 1.82) is 0 Å². The summed E-state index contributed by atoms with van der Waals surface area (Å²) >= 11 is 1.30. The van der Waals surface area contributed by atoms with Gasteiger partial charge in [0.25, 0.3) is 5.56 Å². The number of benzene rings is 3. The maximum absolute atomic E-state index is 13.3. The summed E-state index contributed by atoms with van der Waals surface area (Å²) in [4.78, 5) is 30.9. The molecule has 32 heavy (non-hydrogen) atoms. The highest BCUT2D eigenvalue weighted by atomic mass is 32.2. The third-order valence-corrected chi connectivity index (χ3v) is 6.41. The Morgan fingerprint density at radius 2 is 1.56 bits per heavy atom. The molecule has 0 aliphatic rings. The number of rotatable bonds is 7. The van der Waals surface area contributed by atoms with Crippen LogP contribution >= 0.6 is 11.8 Å². The van der Waals surface area contributed by atoms with E-state index < -0.39 is 5.25 Å². The number of carbonyl (C=O) groups excluding carboxylic acids is 1. The van der Waals surface area contributed by atoms with E-state index in [9.17, 15) is 9.59 Å². The van der Waals surface area contributed by atoms with Crippen LogP contribution in [0.25, 0.3) is 10.9 Å². The summed E-state index contributed by atoms with van der Waals surface area (Å²) in [6.45, 7) is 4.20. The largest absolute Gasteiger partial charge is 0.349 e. The molecule has 2 atom stereocenters. The van der Waals surface area contributed by atoms with E-state index in [-0.39, 0.29) is 17.5 Å². The van der Waals surface area contributed by atoms with Gasteiger partial charge in [0.1, 0.15) is 0 Å². The Morgan fingerprint density at radius 3 is 2.28 bits per heavy atom. The first-order valence-corrected chi connectivity index (χ1v) is 11.5. The molecule has 4 aromatic rings. The van der Waals surface area contributed by atoms with Crippen molar-refractivity contribution in [2.24, 2.45) is 0 Å². The predicted octanol–water partition coefficient (Wildman–Crippen LogP) is 4.80. The van der Waals surface area contributed by atoms with Crippen LogP contribution in [0.5, 0.6) is 0 Å². The van der Waals surface area contributed by atoms with Crippen molar-refractivity contribution < 1.29 is 4.79 Å². The normalized spacial score (nSPS) is 12.9. The lowest BCUT2D eigenvalue weighted by Crippen LogP contribution is -2.34. The maximum atomic E-state index is 13.3. The smallest absolute Gasteiger partial charge is 0.262 e. The molecule has 4 rings (SSSR count). The molecule has 0 aliphatic carbocycles. The standard InChI is InChI=1S/C26H25N3O2S/c1-18(21-13-7-4-8-14-21)27-24(30)19(2)32-26-28-23-16-10-9-15-22(23)25(31)29(26)17-20-11-5-3-6-12-20/h3-16,18-19H,17H2,1-2H3,(H,27,30). The minimum Gasteiger partial charge on any atom is -0.349 e. The summed E-state index contributed by atoms with van der Waals surface area (Å²) in [6, 6.07) is 26.9. The lowest BCUT2D eigenvalue weighted by molar-refractivity contribution is -0.120. The zero-order chi connectivity index (χ0) is 22.5. The fraction of sp³-hybridized carbons (Fsp3) is 0.192. The lowest BCUT2D eigenvalue weighted by Gasteiger charge is -2.19. The van der Waals surface area contributed by atoms with Crippen LogP contribution in [0.3, 0.4) is 0 Å². The summed E-state index contributed by atoms with van der Waals surface area (Å²) in [7, 11) is 0. The lowest BCUT2D eigenvalue weighted by atomic mass is 10.1. The van der Waals surface area contributed by atoms with Gasteiger partial charge in [-0.1, -0.05) is 84.6 Å². The van der Waals surface area contributed by atoms with Crippen LogP contribution in [0.1, 0.15) is 31.0 Å². The second-order valence-electron chi connectivity index (χ2n) is 7.69. The molecule has 0 bridgehead atoms. The molecule has 0 spiro atoms. The van der Waals surface area contributed by atoms with E-state index in [4.69, 9.17) is 4.98 Å². The van der Waals surface area contributed by atoms with Crippen molar-refractivity contribution in [3.05, 3.63) is 106 Å². The number of hydrogen-bond donors (Lipinski definition) is 1. The number of aromatic nitrogens is 2. The molecule has 3 aromatic carbocycles. The van der Waals surface area contributed by atoms with Crippen LogP contribution < -0.4 is 10.9 Å². The van der Waals surface area contributed by atoms with Gasteiger partial charge >= 0.3 is 0 Å². The highest BCUT2D eigenvalue weighted by Crippen LogP contribution is 2.24.